The molecule has 4 nitrogen and oxygen atoms in total. The molecule has 2 rings (SSSR count). The number of hydrogen-bond acceptors (Lipinski definition) is 3. The summed E-state index contributed by atoms with van der Waals surface area (Å²) in [6, 6.07) is 8.76. The zero-order chi connectivity index (χ0) is 13.0. The normalized spacial score (nSPS) is 10.1. The molecule has 0 amide bonds. The number of aryl methyl sites for hydroxylation is 1. The van der Waals surface area contributed by atoms with Crippen LogP contribution in [0.5, 0.6) is 5.75 Å². The quantitative estimate of drug-likeness (QED) is 0.896. The largest absolute Gasteiger partial charge is 0.488 e. The summed E-state index contributed by atoms with van der Waals surface area (Å²) in [5.41, 5.74) is 1.88. The minimum absolute atomic E-state index is 0.180. The van der Waals surface area contributed by atoms with Crippen LogP contribution in [-0.2, 0) is 6.61 Å². The fourth-order valence-corrected chi connectivity index (χ4v) is 1.65. The predicted octanol–water partition coefficient (Wildman–Crippen LogP) is 2.67. The van der Waals surface area contributed by atoms with E-state index in [0.717, 1.165) is 11.1 Å². The molecule has 1 aromatic heterocycles. The van der Waals surface area contributed by atoms with E-state index in [4.69, 9.17) is 9.84 Å². The van der Waals surface area contributed by atoms with E-state index in [-0.39, 0.29) is 5.56 Å². The van der Waals surface area contributed by atoms with Crippen molar-refractivity contribution in [1.82, 2.24) is 4.98 Å². The average molecular weight is 243 g/mol. The van der Waals surface area contributed by atoms with Crippen molar-refractivity contribution in [3.05, 3.63) is 59.4 Å². The SMILES string of the molecule is Cc1cccc(C(=O)O)c1OCc1cccnc1. The number of aromatic carboxylic acids is 1. The lowest BCUT2D eigenvalue weighted by atomic mass is 10.1. The van der Waals surface area contributed by atoms with Gasteiger partial charge in [0.2, 0.25) is 0 Å². The number of ether oxygens (including phenoxy) is 1. The molecule has 4 heteroatoms. The van der Waals surface area contributed by atoms with Gasteiger partial charge in [-0.1, -0.05) is 18.2 Å². The summed E-state index contributed by atoms with van der Waals surface area (Å²) in [6.07, 6.45) is 3.37. The molecule has 18 heavy (non-hydrogen) atoms. The molecule has 0 fully saturated rings. The number of carboxylic acid groups (broad SMARTS) is 1. The number of aromatic nitrogens is 1. The molecule has 0 spiro atoms. The van der Waals surface area contributed by atoms with Gasteiger partial charge in [-0.3, -0.25) is 4.98 Å². The van der Waals surface area contributed by atoms with Gasteiger partial charge in [-0.15, -0.1) is 0 Å². The van der Waals surface area contributed by atoms with Gasteiger partial charge in [0.25, 0.3) is 0 Å². The Hall–Kier alpha value is -2.36. The highest BCUT2D eigenvalue weighted by molar-refractivity contribution is 5.91. The van der Waals surface area contributed by atoms with Gasteiger partial charge in [0.05, 0.1) is 0 Å². The molecule has 1 heterocycles. The number of rotatable bonds is 4. The number of pyridine rings is 1. The molecule has 0 aliphatic heterocycles. The number of carboxylic acids is 1. The van der Waals surface area contributed by atoms with Crippen molar-refractivity contribution < 1.29 is 14.6 Å². The number of hydrogen-bond donors (Lipinski definition) is 1. The summed E-state index contributed by atoms with van der Waals surface area (Å²) in [6.45, 7) is 2.13. The van der Waals surface area contributed by atoms with Crippen LogP contribution < -0.4 is 4.74 Å². The van der Waals surface area contributed by atoms with Crippen LogP contribution in [0, 0.1) is 6.92 Å². The molecule has 0 aliphatic rings. The van der Waals surface area contributed by atoms with Crippen molar-refractivity contribution in [2.45, 2.75) is 13.5 Å². The van der Waals surface area contributed by atoms with Crippen molar-refractivity contribution >= 4 is 5.97 Å². The number of para-hydroxylation sites is 1. The highest BCUT2D eigenvalue weighted by atomic mass is 16.5. The van der Waals surface area contributed by atoms with Gasteiger partial charge in [0, 0.05) is 18.0 Å². The van der Waals surface area contributed by atoms with Crippen LogP contribution in [0.2, 0.25) is 0 Å². The minimum Gasteiger partial charge on any atom is -0.488 e. The van der Waals surface area contributed by atoms with Crippen LogP contribution in [0.3, 0.4) is 0 Å². The summed E-state index contributed by atoms with van der Waals surface area (Å²) in [7, 11) is 0. The summed E-state index contributed by atoms with van der Waals surface area (Å²) < 4.78 is 5.59. The molecule has 1 N–H and O–H groups in total. The lowest BCUT2D eigenvalue weighted by Gasteiger charge is -2.11. The van der Waals surface area contributed by atoms with Crippen molar-refractivity contribution in [1.29, 1.82) is 0 Å². The fourth-order valence-electron chi connectivity index (χ4n) is 1.65. The van der Waals surface area contributed by atoms with Crippen molar-refractivity contribution in [3.63, 3.8) is 0 Å². The second kappa shape index (κ2) is 5.31. The van der Waals surface area contributed by atoms with E-state index in [2.05, 4.69) is 4.98 Å². The first-order valence-electron chi connectivity index (χ1n) is 5.53. The molecule has 0 saturated heterocycles. The van der Waals surface area contributed by atoms with E-state index in [0.29, 0.717) is 12.4 Å². The molecule has 1 aromatic carbocycles. The van der Waals surface area contributed by atoms with Gasteiger partial charge in [0.15, 0.2) is 0 Å². The maximum atomic E-state index is 11.1. The smallest absolute Gasteiger partial charge is 0.339 e. The molecular formula is C14H13NO3. The lowest BCUT2D eigenvalue weighted by Crippen LogP contribution is -2.05. The fraction of sp³-hybridized carbons (Fsp3) is 0.143. The Morgan fingerprint density at radius 3 is 2.83 bits per heavy atom. The highest BCUT2D eigenvalue weighted by Gasteiger charge is 2.13. The third-order valence-electron chi connectivity index (χ3n) is 2.55. The average Bonchev–Trinajstić information content (AvgIpc) is 2.38. The highest BCUT2D eigenvalue weighted by Crippen LogP contribution is 2.24. The van der Waals surface area contributed by atoms with E-state index in [1.807, 2.05) is 25.1 Å². The minimum atomic E-state index is -0.986. The molecule has 0 radical (unpaired) electrons. The summed E-state index contributed by atoms with van der Waals surface area (Å²) in [4.78, 5) is 15.1. The van der Waals surface area contributed by atoms with Crippen molar-refractivity contribution in [3.8, 4) is 5.75 Å². The van der Waals surface area contributed by atoms with E-state index in [9.17, 15) is 4.79 Å². The van der Waals surface area contributed by atoms with Crippen molar-refractivity contribution in [2.24, 2.45) is 0 Å². The van der Waals surface area contributed by atoms with Gasteiger partial charge >= 0.3 is 5.97 Å². The van der Waals surface area contributed by atoms with Gasteiger partial charge in [0.1, 0.15) is 17.9 Å². The Morgan fingerprint density at radius 1 is 1.33 bits per heavy atom. The Kier molecular flexibility index (Phi) is 3.57. The Morgan fingerprint density at radius 2 is 2.17 bits per heavy atom. The third-order valence-corrected chi connectivity index (χ3v) is 2.55. The first-order valence-corrected chi connectivity index (χ1v) is 5.53. The standard InChI is InChI=1S/C14H13NO3/c1-10-4-2-6-12(14(16)17)13(10)18-9-11-5-3-7-15-8-11/h2-8H,9H2,1H3,(H,16,17). The molecular weight excluding hydrogens is 230 g/mol. The molecule has 0 bridgehead atoms. The zero-order valence-corrected chi connectivity index (χ0v) is 9.96. The van der Waals surface area contributed by atoms with Gasteiger partial charge in [-0.2, -0.15) is 0 Å². The van der Waals surface area contributed by atoms with E-state index in [1.54, 1.807) is 18.5 Å². The second-order valence-electron chi connectivity index (χ2n) is 3.91. The van der Waals surface area contributed by atoms with Crippen LogP contribution in [0.25, 0.3) is 0 Å². The third kappa shape index (κ3) is 2.66. The van der Waals surface area contributed by atoms with Gasteiger partial charge in [-0.25, -0.2) is 4.79 Å². The maximum absolute atomic E-state index is 11.1. The number of carbonyl (C=O) groups is 1. The monoisotopic (exact) mass is 243 g/mol. The first-order chi connectivity index (χ1) is 8.68. The second-order valence-corrected chi connectivity index (χ2v) is 3.91. The van der Waals surface area contributed by atoms with E-state index >= 15 is 0 Å². The van der Waals surface area contributed by atoms with Gasteiger partial charge in [-0.05, 0) is 24.6 Å². The van der Waals surface area contributed by atoms with Gasteiger partial charge < -0.3 is 9.84 Å². The van der Waals surface area contributed by atoms with E-state index in [1.165, 1.54) is 6.07 Å². The zero-order valence-electron chi connectivity index (χ0n) is 9.96. The lowest BCUT2D eigenvalue weighted by molar-refractivity contribution is 0.0691. The predicted molar refractivity (Wildman–Crippen MR) is 66.7 cm³/mol. The molecule has 0 unspecified atom stereocenters. The van der Waals surface area contributed by atoms with Crippen LogP contribution in [0.1, 0.15) is 21.5 Å². The summed E-state index contributed by atoms with van der Waals surface area (Å²) >= 11 is 0. The Labute approximate surface area is 105 Å². The summed E-state index contributed by atoms with van der Waals surface area (Å²) in [5, 5.41) is 9.09. The topological polar surface area (TPSA) is 59.4 Å². The first kappa shape index (κ1) is 12.1. The Bertz CT molecular complexity index is 552. The Balaban J connectivity index is 2.21. The molecule has 0 atom stereocenters. The van der Waals surface area contributed by atoms with Crippen LogP contribution >= 0.6 is 0 Å². The maximum Gasteiger partial charge on any atom is 0.339 e. The molecule has 0 saturated carbocycles. The molecule has 0 aliphatic carbocycles. The van der Waals surface area contributed by atoms with Crippen LogP contribution in [0.4, 0.5) is 0 Å². The van der Waals surface area contributed by atoms with Crippen LogP contribution in [-0.4, -0.2) is 16.1 Å². The van der Waals surface area contributed by atoms with E-state index < -0.39 is 5.97 Å². The van der Waals surface area contributed by atoms with Crippen molar-refractivity contribution in [2.75, 3.05) is 0 Å². The number of benzene rings is 1. The molecule has 92 valence electrons. The number of nitrogens with zero attached hydrogens (tertiary/aromatic N) is 1. The summed E-state index contributed by atoms with van der Waals surface area (Å²) in [5.74, 6) is -0.575. The molecule has 2 aromatic rings. The van der Waals surface area contributed by atoms with Crippen LogP contribution in [0.15, 0.2) is 42.7 Å².